The van der Waals surface area contributed by atoms with Gasteiger partial charge in [0.25, 0.3) is 0 Å². The van der Waals surface area contributed by atoms with Crippen LogP contribution >= 0.6 is 15.9 Å². The number of benzene rings is 2. The van der Waals surface area contributed by atoms with Gasteiger partial charge in [-0.25, -0.2) is 0 Å². The van der Waals surface area contributed by atoms with Gasteiger partial charge in [0.1, 0.15) is 0 Å². The van der Waals surface area contributed by atoms with Crippen molar-refractivity contribution in [3.63, 3.8) is 0 Å². The van der Waals surface area contributed by atoms with Crippen molar-refractivity contribution in [1.29, 1.82) is 0 Å². The summed E-state index contributed by atoms with van der Waals surface area (Å²) in [6, 6.07) is 13.2. The van der Waals surface area contributed by atoms with Crippen LogP contribution in [-0.2, 0) is 0 Å². The van der Waals surface area contributed by atoms with Crippen LogP contribution in [0.1, 0.15) is 29.5 Å². The maximum atomic E-state index is 3.56. The summed E-state index contributed by atoms with van der Waals surface area (Å²) >= 11 is 3.56. The summed E-state index contributed by atoms with van der Waals surface area (Å²) in [5.74, 6) is 0.527. The zero-order valence-corrected chi connectivity index (χ0v) is 11.0. The first-order chi connectivity index (χ1) is 7.68. The van der Waals surface area contributed by atoms with Gasteiger partial charge in [-0.3, -0.25) is 0 Å². The first-order valence-electron chi connectivity index (χ1n) is 5.58. The van der Waals surface area contributed by atoms with Crippen LogP contribution in [0.3, 0.4) is 0 Å². The summed E-state index contributed by atoms with van der Waals surface area (Å²) in [4.78, 5) is 0. The molecule has 0 amide bonds. The van der Waals surface area contributed by atoms with E-state index in [2.05, 4.69) is 66.2 Å². The van der Waals surface area contributed by atoms with E-state index >= 15 is 0 Å². The standard InChI is InChI=1S/C15H13Br/c1-9-4-3-5-13-14-8-11(16)6-7-12(14)10(2)15(9)13/h3-8,10H,1-2H3. The SMILES string of the molecule is Cc1cccc2c1C(C)c1ccc(Br)cc1-2. The number of fused-ring (bicyclic) bond motifs is 3. The summed E-state index contributed by atoms with van der Waals surface area (Å²) in [6.07, 6.45) is 0. The van der Waals surface area contributed by atoms with Gasteiger partial charge in [-0.05, 0) is 46.9 Å². The van der Waals surface area contributed by atoms with Crippen LogP contribution in [0.25, 0.3) is 11.1 Å². The number of hydrogen-bond donors (Lipinski definition) is 0. The Morgan fingerprint density at radius 3 is 2.69 bits per heavy atom. The van der Waals surface area contributed by atoms with Gasteiger partial charge in [0.2, 0.25) is 0 Å². The van der Waals surface area contributed by atoms with E-state index in [9.17, 15) is 0 Å². The Labute approximate surface area is 104 Å². The van der Waals surface area contributed by atoms with Gasteiger partial charge in [-0.15, -0.1) is 0 Å². The van der Waals surface area contributed by atoms with E-state index in [-0.39, 0.29) is 0 Å². The van der Waals surface area contributed by atoms with Gasteiger partial charge in [0.05, 0.1) is 0 Å². The van der Waals surface area contributed by atoms with Crippen molar-refractivity contribution in [2.75, 3.05) is 0 Å². The van der Waals surface area contributed by atoms with Crippen LogP contribution in [0.4, 0.5) is 0 Å². The molecular weight excluding hydrogens is 260 g/mol. The molecule has 2 aromatic carbocycles. The van der Waals surface area contributed by atoms with Crippen LogP contribution < -0.4 is 0 Å². The van der Waals surface area contributed by atoms with Crippen molar-refractivity contribution >= 4 is 15.9 Å². The van der Waals surface area contributed by atoms with Gasteiger partial charge in [0.15, 0.2) is 0 Å². The molecule has 0 saturated carbocycles. The molecule has 1 aliphatic rings. The molecule has 16 heavy (non-hydrogen) atoms. The highest BCUT2D eigenvalue weighted by Gasteiger charge is 2.26. The minimum absolute atomic E-state index is 0.527. The third-order valence-corrected chi connectivity index (χ3v) is 4.02. The van der Waals surface area contributed by atoms with E-state index in [1.54, 1.807) is 0 Å². The molecule has 0 aliphatic heterocycles. The van der Waals surface area contributed by atoms with E-state index in [0.717, 1.165) is 4.47 Å². The molecule has 3 rings (SSSR count). The predicted octanol–water partition coefficient (Wildman–Crippen LogP) is 4.89. The topological polar surface area (TPSA) is 0 Å². The predicted molar refractivity (Wildman–Crippen MR) is 71.8 cm³/mol. The molecule has 0 aromatic heterocycles. The van der Waals surface area contributed by atoms with Crippen LogP contribution in [-0.4, -0.2) is 0 Å². The molecule has 1 unspecified atom stereocenters. The van der Waals surface area contributed by atoms with E-state index in [4.69, 9.17) is 0 Å². The second-order valence-electron chi connectivity index (χ2n) is 4.49. The molecule has 80 valence electrons. The van der Waals surface area contributed by atoms with Crippen molar-refractivity contribution in [1.82, 2.24) is 0 Å². The van der Waals surface area contributed by atoms with E-state index in [1.807, 2.05) is 0 Å². The zero-order chi connectivity index (χ0) is 11.3. The summed E-state index contributed by atoms with van der Waals surface area (Å²) in [5.41, 5.74) is 7.14. The molecule has 0 nitrogen and oxygen atoms in total. The lowest BCUT2D eigenvalue weighted by atomic mass is 9.95. The van der Waals surface area contributed by atoms with Gasteiger partial charge >= 0.3 is 0 Å². The average molecular weight is 273 g/mol. The Morgan fingerprint density at radius 2 is 1.88 bits per heavy atom. The maximum Gasteiger partial charge on any atom is 0.0181 e. The van der Waals surface area contributed by atoms with Gasteiger partial charge in [-0.2, -0.15) is 0 Å². The molecule has 0 saturated heterocycles. The fraction of sp³-hybridized carbons (Fsp3) is 0.200. The van der Waals surface area contributed by atoms with Crippen LogP contribution in [0, 0.1) is 6.92 Å². The lowest BCUT2D eigenvalue weighted by Gasteiger charge is -2.08. The summed E-state index contributed by atoms with van der Waals surface area (Å²) < 4.78 is 1.16. The highest BCUT2D eigenvalue weighted by Crippen LogP contribution is 2.46. The van der Waals surface area contributed by atoms with Gasteiger partial charge in [0, 0.05) is 10.4 Å². The lowest BCUT2D eigenvalue weighted by Crippen LogP contribution is -1.92. The third-order valence-electron chi connectivity index (χ3n) is 3.53. The molecule has 0 heterocycles. The van der Waals surface area contributed by atoms with Gasteiger partial charge in [-0.1, -0.05) is 47.1 Å². The Balaban J connectivity index is 2.36. The molecule has 1 aliphatic carbocycles. The largest absolute Gasteiger partial charge is 0.0614 e. The molecule has 0 spiro atoms. The fourth-order valence-corrected chi connectivity index (χ4v) is 3.15. The summed E-state index contributed by atoms with van der Waals surface area (Å²) in [7, 11) is 0. The van der Waals surface area contributed by atoms with E-state index < -0.39 is 0 Å². The van der Waals surface area contributed by atoms with Crippen LogP contribution in [0.2, 0.25) is 0 Å². The molecular formula is C15H13Br. The molecule has 1 atom stereocenters. The Hall–Kier alpha value is -1.08. The number of rotatable bonds is 0. The van der Waals surface area contributed by atoms with Crippen molar-refractivity contribution in [3.8, 4) is 11.1 Å². The monoisotopic (exact) mass is 272 g/mol. The third kappa shape index (κ3) is 1.28. The average Bonchev–Trinajstić information content (AvgIpc) is 2.54. The van der Waals surface area contributed by atoms with E-state index in [1.165, 1.54) is 27.8 Å². The first kappa shape index (κ1) is 10.1. The van der Waals surface area contributed by atoms with Gasteiger partial charge < -0.3 is 0 Å². The molecule has 0 bridgehead atoms. The van der Waals surface area contributed by atoms with E-state index in [0.29, 0.717) is 5.92 Å². The second-order valence-corrected chi connectivity index (χ2v) is 5.41. The normalized spacial score (nSPS) is 17.1. The van der Waals surface area contributed by atoms with Crippen molar-refractivity contribution in [2.24, 2.45) is 0 Å². The Bertz CT molecular complexity index is 570. The van der Waals surface area contributed by atoms with Crippen LogP contribution in [0.15, 0.2) is 40.9 Å². The van der Waals surface area contributed by atoms with Crippen molar-refractivity contribution < 1.29 is 0 Å². The minimum atomic E-state index is 0.527. The zero-order valence-electron chi connectivity index (χ0n) is 9.42. The molecule has 0 N–H and O–H groups in total. The smallest absolute Gasteiger partial charge is 0.0181 e. The molecule has 1 heteroatoms. The van der Waals surface area contributed by atoms with Crippen molar-refractivity contribution in [3.05, 3.63) is 57.6 Å². The maximum absolute atomic E-state index is 3.56. The van der Waals surface area contributed by atoms with Crippen LogP contribution in [0.5, 0.6) is 0 Å². The Kier molecular flexibility index (Phi) is 2.18. The summed E-state index contributed by atoms with van der Waals surface area (Å²) in [5, 5.41) is 0. The lowest BCUT2D eigenvalue weighted by molar-refractivity contribution is 0.944. The minimum Gasteiger partial charge on any atom is -0.0614 e. The quantitative estimate of drug-likeness (QED) is 0.641. The highest BCUT2D eigenvalue weighted by atomic mass is 79.9. The molecule has 0 radical (unpaired) electrons. The first-order valence-corrected chi connectivity index (χ1v) is 6.37. The summed E-state index contributed by atoms with van der Waals surface area (Å²) in [6.45, 7) is 4.50. The molecule has 2 aromatic rings. The number of aryl methyl sites for hydroxylation is 1. The fourth-order valence-electron chi connectivity index (χ4n) is 2.79. The number of halogens is 1. The Morgan fingerprint density at radius 1 is 1.06 bits per heavy atom. The second kappa shape index (κ2) is 3.46. The number of hydrogen-bond acceptors (Lipinski definition) is 0. The molecule has 0 fully saturated rings. The highest BCUT2D eigenvalue weighted by molar-refractivity contribution is 9.10. The van der Waals surface area contributed by atoms with Crippen molar-refractivity contribution in [2.45, 2.75) is 19.8 Å².